The fourth-order valence-corrected chi connectivity index (χ4v) is 3.07. The Morgan fingerprint density at radius 1 is 1.10 bits per heavy atom. The minimum absolute atomic E-state index is 0.526. The number of likely N-dealkylation sites (N-methyl/N-ethyl adjacent to an activating group) is 1. The first-order valence-electron chi connectivity index (χ1n) is 7.25. The van der Waals surface area contributed by atoms with Crippen LogP contribution in [0.5, 0.6) is 0 Å². The van der Waals surface area contributed by atoms with Crippen LogP contribution in [0.25, 0.3) is 0 Å². The van der Waals surface area contributed by atoms with Crippen LogP contribution >= 0.6 is 0 Å². The Bertz CT molecular complexity index is 601. The third-order valence-corrected chi connectivity index (χ3v) is 4.18. The summed E-state index contributed by atoms with van der Waals surface area (Å²) in [6, 6.07) is 11.4. The number of aromatic nitrogens is 2. The molecule has 1 aliphatic rings. The van der Waals surface area contributed by atoms with Crippen LogP contribution in [0.3, 0.4) is 0 Å². The standard InChI is InChI=1S/C17H21N3/c1-12-10-17(19-13(2)18-12)20(3)16-9-8-14-6-4-5-7-15(14)11-16/h4-7,10,16H,8-9,11H2,1-3H3. The highest BCUT2D eigenvalue weighted by Crippen LogP contribution is 2.26. The van der Waals surface area contributed by atoms with Crippen molar-refractivity contribution >= 4 is 5.82 Å². The summed E-state index contributed by atoms with van der Waals surface area (Å²) in [5.74, 6) is 1.89. The van der Waals surface area contributed by atoms with Crippen molar-refractivity contribution < 1.29 is 0 Å². The van der Waals surface area contributed by atoms with Crippen LogP contribution in [0.2, 0.25) is 0 Å². The van der Waals surface area contributed by atoms with Gasteiger partial charge in [0.2, 0.25) is 0 Å². The molecule has 20 heavy (non-hydrogen) atoms. The molecule has 1 unspecified atom stereocenters. The van der Waals surface area contributed by atoms with E-state index in [1.807, 2.05) is 13.8 Å². The molecule has 0 fully saturated rings. The molecule has 1 heterocycles. The zero-order valence-corrected chi connectivity index (χ0v) is 12.4. The minimum Gasteiger partial charge on any atom is -0.356 e. The average molecular weight is 267 g/mol. The molecule has 0 amide bonds. The van der Waals surface area contributed by atoms with Gasteiger partial charge in [0.15, 0.2) is 0 Å². The van der Waals surface area contributed by atoms with Gasteiger partial charge in [0.1, 0.15) is 11.6 Å². The van der Waals surface area contributed by atoms with Crippen LogP contribution in [0, 0.1) is 13.8 Å². The Labute approximate surface area is 120 Å². The van der Waals surface area contributed by atoms with Crippen LogP contribution in [0.4, 0.5) is 5.82 Å². The van der Waals surface area contributed by atoms with E-state index in [4.69, 9.17) is 0 Å². The number of nitrogens with zero attached hydrogens (tertiary/aromatic N) is 3. The summed E-state index contributed by atoms with van der Waals surface area (Å²) in [5, 5.41) is 0. The second-order valence-corrected chi connectivity index (χ2v) is 5.69. The Morgan fingerprint density at radius 3 is 2.60 bits per heavy atom. The number of anilines is 1. The normalized spacial score (nSPS) is 17.6. The maximum absolute atomic E-state index is 4.58. The van der Waals surface area contributed by atoms with Gasteiger partial charge in [0.25, 0.3) is 0 Å². The SMILES string of the molecule is Cc1cc(N(C)C2CCc3ccccc3C2)nc(C)n1. The maximum atomic E-state index is 4.58. The van der Waals surface area contributed by atoms with Gasteiger partial charge in [0.05, 0.1) is 0 Å². The highest BCUT2D eigenvalue weighted by Gasteiger charge is 2.22. The molecule has 0 saturated heterocycles. The summed E-state index contributed by atoms with van der Waals surface area (Å²) >= 11 is 0. The lowest BCUT2D eigenvalue weighted by atomic mass is 9.88. The van der Waals surface area contributed by atoms with Crippen LogP contribution in [-0.4, -0.2) is 23.1 Å². The van der Waals surface area contributed by atoms with Gasteiger partial charge in [-0.3, -0.25) is 0 Å². The molecule has 2 aromatic rings. The number of aryl methyl sites for hydroxylation is 3. The van der Waals surface area contributed by atoms with Crippen molar-refractivity contribution in [3.05, 3.63) is 53.0 Å². The van der Waals surface area contributed by atoms with Gasteiger partial charge in [-0.05, 0) is 44.2 Å². The smallest absolute Gasteiger partial charge is 0.132 e. The molecule has 1 aliphatic carbocycles. The molecule has 3 heteroatoms. The molecule has 0 saturated carbocycles. The van der Waals surface area contributed by atoms with Gasteiger partial charge < -0.3 is 4.90 Å². The number of hydrogen-bond acceptors (Lipinski definition) is 3. The first-order valence-corrected chi connectivity index (χ1v) is 7.25. The highest BCUT2D eigenvalue weighted by atomic mass is 15.2. The topological polar surface area (TPSA) is 29.0 Å². The van der Waals surface area contributed by atoms with Crippen LogP contribution < -0.4 is 4.90 Å². The molecule has 0 aliphatic heterocycles. The van der Waals surface area contributed by atoms with Crippen molar-refractivity contribution in [2.75, 3.05) is 11.9 Å². The molecule has 104 valence electrons. The summed E-state index contributed by atoms with van der Waals surface area (Å²) in [4.78, 5) is 11.3. The van der Waals surface area contributed by atoms with E-state index in [0.717, 1.165) is 30.2 Å². The summed E-state index contributed by atoms with van der Waals surface area (Å²) < 4.78 is 0. The van der Waals surface area contributed by atoms with Crippen molar-refractivity contribution in [2.45, 2.75) is 39.2 Å². The second-order valence-electron chi connectivity index (χ2n) is 5.69. The van der Waals surface area contributed by atoms with Crippen molar-refractivity contribution in [1.82, 2.24) is 9.97 Å². The molecule has 0 N–H and O–H groups in total. The lowest BCUT2D eigenvalue weighted by Gasteiger charge is -2.33. The number of hydrogen-bond donors (Lipinski definition) is 0. The molecule has 0 radical (unpaired) electrons. The predicted molar refractivity (Wildman–Crippen MR) is 82.2 cm³/mol. The summed E-state index contributed by atoms with van der Waals surface area (Å²) in [6.45, 7) is 3.99. The number of fused-ring (bicyclic) bond motifs is 1. The van der Waals surface area contributed by atoms with Crippen molar-refractivity contribution in [3.63, 3.8) is 0 Å². The quantitative estimate of drug-likeness (QED) is 0.837. The van der Waals surface area contributed by atoms with Gasteiger partial charge in [-0.1, -0.05) is 24.3 Å². The first kappa shape index (κ1) is 13.1. The minimum atomic E-state index is 0.526. The molecule has 1 aromatic carbocycles. The summed E-state index contributed by atoms with van der Waals surface area (Å²) in [7, 11) is 2.15. The van der Waals surface area contributed by atoms with Crippen molar-refractivity contribution in [2.24, 2.45) is 0 Å². The third kappa shape index (κ3) is 2.53. The Hall–Kier alpha value is -1.90. The molecule has 3 rings (SSSR count). The zero-order valence-electron chi connectivity index (χ0n) is 12.4. The van der Waals surface area contributed by atoms with E-state index in [2.05, 4.69) is 52.2 Å². The van der Waals surface area contributed by atoms with E-state index in [0.29, 0.717) is 6.04 Å². The van der Waals surface area contributed by atoms with Crippen LogP contribution in [-0.2, 0) is 12.8 Å². The van der Waals surface area contributed by atoms with Crippen LogP contribution in [0.1, 0.15) is 29.1 Å². The van der Waals surface area contributed by atoms with E-state index in [-0.39, 0.29) is 0 Å². The van der Waals surface area contributed by atoms with E-state index in [9.17, 15) is 0 Å². The van der Waals surface area contributed by atoms with E-state index in [1.54, 1.807) is 0 Å². The van der Waals surface area contributed by atoms with Crippen LogP contribution in [0.15, 0.2) is 30.3 Å². The van der Waals surface area contributed by atoms with Crippen molar-refractivity contribution in [1.29, 1.82) is 0 Å². The first-order chi connectivity index (χ1) is 9.63. The number of benzene rings is 1. The molecule has 1 aromatic heterocycles. The van der Waals surface area contributed by atoms with E-state index >= 15 is 0 Å². The number of rotatable bonds is 2. The van der Waals surface area contributed by atoms with Crippen molar-refractivity contribution in [3.8, 4) is 0 Å². The predicted octanol–water partition coefficient (Wildman–Crippen LogP) is 3.09. The lowest BCUT2D eigenvalue weighted by molar-refractivity contribution is 0.543. The average Bonchev–Trinajstić information content (AvgIpc) is 2.45. The molecule has 3 nitrogen and oxygen atoms in total. The van der Waals surface area contributed by atoms with Gasteiger partial charge in [-0.15, -0.1) is 0 Å². The lowest BCUT2D eigenvalue weighted by Crippen LogP contribution is -2.37. The fourth-order valence-electron chi connectivity index (χ4n) is 3.07. The Kier molecular flexibility index (Phi) is 3.43. The molecular weight excluding hydrogens is 246 g/mol. The van der Waals surface area contributed by atoms with Gasteiger partial charge in [0, 0.05) is 24.8 Å². The van der Waals surface area contributed by atoms with E-state index < -0.39 is 0 Å². The molecule has 0 bridgehead atoms. The zero-order chi connectivity index (χ0) is 14.1. The molecule has 1 atom stereocenters. The summed E-state index contributed by atoms with van der Waals surface area (Å²) in [5.41, 5.74) is 4.03. The monoisotopic (exact) mass is 267 g/mol. The molecular formula is C17H21N3. The van der Waals surface area contributed by atoms with E-state index in [1.165, 1.54) is 17.5 Å². The highest BCUT2D eigenvalue weighted by molar-refractivity contribution is 5.42. The fraction of sp³-hybridized carbons (Fsp3) is 0.412. The molecule has 0 spiro atoms. The van der Waals surface area contributed by atoms with Gasteiger partial charge in [-0.2, -0.15) is 0 Å². The van der Waals surface area contributed by atoms with Gasteiger partial charge in [-0.25, -0.2) is 9.97 Å². The Morgan fingerprint density at radius 2 is 1.85 bits per heavy atom. The third-order valence-electron chi connectivity index (χ3n) is 4.18. The largest absolute Gasteiger partial charge is 0.356 e. The second kappa shape index (κ2) is 5.23. The summed E-state index contributed by atoms with van der Waals surface area (Å²) in [6.07, 6.45) is 3.46. The Balaban J connectivity index is 1.83. The van der Waals surface area contributed by atoms with Gasteiger partial charge >= 0.3 is 0 Å². The maximum Gasteiger partial charge on any atom is 0.132 e.